The van der Waals surface area contributed by atoms with Crippen LogP contribution in [0.2, 0.25) is 0 Å². The van der Waals surface area contributed by atoms with Crippen molar-refractivity contribution in [3.8, 4) is 0 Å². The van der Waals surface area contributed by atoms with Crippen LogP contribution in [0.1, 0.15) is 419 Å². The fourth-order valence-corrected chi connectivity index (χ4v) is 17.6. The molecule has 0 aliphatic heterocycles. The lowest BCUT2D eigenvalue weighted by Gasteiger charge is -2.48. The second kappa shape index (κ2) is 43.8. The second-order valence-electron chi connectivity index (χ2n) is 54.0. The van der Waals surface area contributed by atoms with Crippen LogP contribution < -0.4 is 0 Å². The molecule has 0 aliphatic rings. The van der Waals surface area contributed by atoms with E-state index in [9.17, 15) is 0 Å². The molecule has 7 heteroatoms. The van der Waals surface area contributed by atoms with Crippen LogP contribution in [0.25, 0.3) is 0 Å². The van der Waals surface area contributed by atoms with Gasteiger partial charge in [-0.05, 0) is 174 Å². The van der Waals surface area contributed by atoms with E-state index in [0.29, 0.717) is 63.3 Å². The van der Waals surface area contributed by atoms with Gasteiger partial charge in [-0.15, -0.1) is 0 Å². The van der Waals surface area contributed by atoms with Gasteiger partial charge in [-0.2, -0.15) is 0 Å². The Morgan fingerprint density at radius 1 is 0.150 bits per heavy atom. The lowest BCUT2D eigenvalue weighted by atomic mass is 9.61. The van der Waals surface area contributed by atoms with Crippen LogP contribution >= 0.6 is 0 Å². The molecule has 6 unspecified atom stereocenters. The van der Waals surface area contributed by atoms with E-state index in [1.165, 1.54) is 38.5 Å². The summed E-state index contributed by atoms with van der Waals surface area (Å²) in [6.45, 7) is 124. The molecule has 0 heterocycles. The zero-order valence-corrected chi connectivity index (χ0v) is 80.8. The number of rotatable bonds is 38. The van der Waals surface area contributed by atoms with Crippen molar-refractivity contribution >= 4 is 0 Å². The molecule has 0 amide bonds. The first kappa shape index (κ1) is 115. The maximum absolute atomic E-state index is 7.24. The van der Waals surface area contributed by atoms with Gasteiger partial charge in [-0.1, -0.05) is 355 Å². The highest BCUT2D eigenvalue weighted by atomic mass is 16.5. The van der Waals surface area contributed by atoms with Gasteiger partial charge in [0.15, 0.2) is 0 Å². The molecule has 107 heavy (non-hydrogen) atoms. The Morgan fingerprint density at radius 3 is 0.393 bits per heavy atom. The third-order valence-corrected chi connectivity index (χ3v) is 21.1. The van der Waals surface area contributed by atoms with E-state index in [4.69, 9.17) is 33.2 Å². The Kier molecular flexibility index (Phi) is 47.2. The van der Waals surface area contributed by atoms with Gasteiger partial charge in [0.05, 0.1) is 79.3 Å². The lowest BCUT2D eigenvalue weighted by Crippen LogP contribution is -2.44. The SMILES string of the molecule is C.C.C.CC(C)(C)CC(COCC(CC(C)(C)C)(CC(C)(C)C)CC(C)(C)C)(COCC(CC(C)(C)C)(CC(C)(C)C)CC(C)(C)C)CC(C)(C)C.CC(C)(C)CC(COCC(COCC(COCC(COCC(COCC(CC(C)(C)C)C(C)(C)C)C(C)(C)C)C(C)(C)C)C(C)(C)C)C(C)(C)C)C(C)(C)C. The van der Waals surface area contributed by atoms with Crippen molar-refractivity contribution in [1.82, 2.24) is 0 Å². The molecule has 0 saturated heterocycles. The van der Waals surface area contributed by atoms with Gasteiger partial charge < -0.3 is 33.2 Å². The van der Waals surface area contributed by atoms with Crippen LogP contribution in [0.4, 0.5) is 0 Å². The summed E-state index contributed by atoms with van der Waals surface area (Å²) >= 11 is 0. The molecule has 0 aromatic rings. The van der Waals surface area contributed by atoms with E-state index in [2.05, 4.69) is 332 Å². The summed E-state index contributed by atoms with van der Waals surface area (Å²) in [4.78, 5) is 0. The van der Waals surface area contributed by atoms with Gasteiger partial charge in [0.2, 0.25) is 0 Å². The summed E-state index contributed by atoms with van der Waals surface area (Å²) in [7, 11) is 0. The van der Waals surface area contributed by atoms with Crippen LogP contribution in [0.15, 0.2) is 0 Å². The Labute approximate surface area is 679 Å². The average molecular weight is 1520 g/mol. The fourth-order valence-electron chi connectivity index (χ4n) is 17.6. The largest absolute Gasteiger partial charge is 0.381 e. The predicted molar refractivity (Wildman–Crippen MR) is 482 cm³/mol. The quantitative estimate of drug-likeness (QED) is 0.0610. The van der Waals surface area contributed by atoms with E-state index in [-0.39, 0.29) is 137 Å². The van der Waals surface area contributed by atoms with Crippen LogP contribution in [0.3, 0.4) is 0 Å². The number of hydrogen-bond acceptors (Lipinski definition) is 7. The van der Waals surface area contributed by atoms with Crippen LogP contribution in [0.5, 0.6) is 0 Å². The lowest BCUT2D eigenvalue weighted by molar-refractivity contribution is -0.112. The minimum atomic E-state index is -0.0651. The van der Waals surface area contributed by atoms with Crippen molar-refractivity contribution < 1.29 is 33.2 Å². The Balaban J connectivity index is -0.000000634. The zero-order chi connectivity index (χ0) is 82.9. The predicted octanol–water partition coefficient (Wildman–Crippen LogP) is 31.3. The third-order valence-electron chi connectivity index (χ3n) is 21.1. The first-order valence-corrected chi connectivity index (χ1v) is 42.5. The molecule has 0 fully saturated rings. The molecule has 0 rings (SSSR count). The van der Waals surface area contributed by atoms with Crippen LogP contribution in [0, 0.1) is 138 Å². The highest BCUT2D eigenvalue weighted by Gasteiger charge is 2.47. The van der Waals surface area contributed by atoms with Crippen LogP contribution in [-0.2, 0) is 33.2 Å². The highest BCUT2D eigenvalue weighted by molar-refractivity contribution is 4.96. The monoisotopic (exact) mass is 1520 g/mol. The fraction of sp³-hybridized carbons (Fsp3) is 1.00. The summed E-state index contributed by atoms with van der Waals surface area (Å²) in [5, 5.41) is 0. The smallest absolute Gasteiger partial charge is 0.0545 e. The first-order valence-electron chi connectivity index (χ1n) is 42.5. The van der Waals surface area contributed by atoms with Crippen molar-refractivity contribution in [3.63, 3.8) is 0 Å². The Hall–Kier alpha value is -0.280. The molecule has 0 radical (unpaired) electrons. The number of ether oxygens (including phenoxy) is 7. The molecule has 0 aromatic heterocycles. The molecule has 0 bridgehead atoms. The normalized spacial score (nSPS) is 16.4. The standard InChI is InChI=1S/C50H102O5.C47H96O2.3CH4/c1-43(2,3)25-37(45(7,8)9)27-51-29-39(47(13,14)15)31-53-33-41(49(19,20)21)35-55-36-42(50(22,23)24)34-54-32-40(48(16,17)18)30-52-28-38(46(10,11)12)26-44(4,5)6;1-37(2,3)25-45(26-38(4,5)6,27-39(7,8)9)33-48-35-47(31-43(19,20)21,32-44(22,23)24)36-49-34-46(28-40(10,11)12,29-41(13,14)15)30-42(16,17)18;;;/h37-42H,25-36H2,1-24H3;25-36H2,1-24H3;3*1H4. The molecule has 0 aliphatic carbocycles. The summed E-state index contributed by atoms with van der Waals surface area (Å²) in [5.74, 6) is 2.23. The van der Waals surface area contributed by atoms with E-state index < -0.39 is 0 Å². The highest BCUT2D eigenvalue weighted by Crippen LogP contribution is 2.53. The van der Waals surface area contributed by atoms with E-state index in [0.717, 1.165) is 78.5 Å². The van der Waals surface area contributed by atoms with Gasteiger partial charge in [-0.25, -0.2) is 0 Å². The molecule has 7 nitrogen and oxygen atoms in total. The summed E-state index contributed by atoms with van der Waals surface area (Å²) in [5.41, 5.74) is 3.17. The van der Waals surface area contributed by atoms with Gasteiger partial charge in [0, 0.05) is 42.3 Å². The minimum absolute atomic E-state index is 0. The van der Waals surface area contributed by atoms with Gasteiger partial charge in [0.1, 0.15) is 0 Å². The van der Waals surface area contributed by atoms with Crippen molar-refractivity contribution in [2.75, 3.05) is 92.5 Å². The van der Waals surface area contributed by atoms with E-state index in [1.807, 2.05) is 0 Å². The summed E-state index contributed by atoms with van der Waals surface area (Å²) in [6.07, 6.45) is 11.5. The summed E-state index contributed by atoms with van der Waals surface area (Å²) in [6, 6.07) is 0. The van der Waals surface area contributed by atoms with Crippen molar-refractivity contribution in [2.45, 2.75) is 419 Å². The molecule has 6 atom stereocenters. The van der Waals surface area contributed by atoms with Crippen molar-refractivity contribution in [3.05, 3.63) is 0 Å². The second-order valence-corrected chi connectivity index (χ2v) is 54.0. The Bertz CT molecular complexity index is 2030. The average Bonchev–Trinajstić information content (AvgIpc) is 0.798. The first-order chi connectivity index (χ1) is 45.4. The maximum Gasteiger partial charge on any atom is 0.0545 e. The zero-order valence-electron chi connectivity index (χ0n) is 80.8. The molecule has 0 N–H and O–H groups in total. The Morgan fingerprint density at radius 2 is 0.271 bits per heavy atom. The van der Waals surface area contributed by atoms with E-state index >= 15 is 0 Å². The molecular formula is C100H210O7. The van der Waals surface area contributed by atoms with E-state index in [1.54, 1.807) is 0 Å². The topological polar surface area (TPSA) is 64.6 Å². The number of hydrogen-bond donors (Lipinski definition) is 0. The molecule has 0 saturated carbocycles. The minimum Gasteiger partial charge on any atom is -0.381 e. The third kappa shape index (κ3) is 58.3. The molecule has 0 aromatic carbocycles. The van der Waals surface area contributed by atoms with Crippen molar-refractivity contribution in [2.24, 2.45) is 138 Å². The van der Waals surface area contributed by atoms with Crippen molar-refractivity contribution in [1.29, 1.82) is 0 Å². The van der Waals surface area contributed by atoms with Gasteiger partial charge in [0.25, 0.3) is 0 Å². The van der Waals surface area contributed by atoms with Crippen LogP contribution in [-0.4, -0.2) is 92.5 Å². The molecule has 0 spiro atoms. The maximum atomic E-state index is 7.24. The summed E-state index contributed by atoms with van der Waals surface area (Å²) < 4.78 is 47.2. The molecular weight excluding hydrogens is 1310 g/mol. The van der Waals surface area contributed by atoms with Gasteiger partial charge in [-0.3, -0.25) is 0 Å². The molecule has 652 valence electrons. The van der Waals surface area contributed by atoms with Gasteiger partial charge >= 0.3 is 0 Å².